The second-order valence-electron chi connectivity index (χ2n) is 4.15. The highest BCUT2D eigenvalue weighted by molar-refractivity contribution is 9.11. The molecule has 0 amide bonds. The van der Waals surface area contributed by atoms with E-state index in [0.717, 1.165) is 5.56 Å². The first-order chi connectivity index (χ1) is 7.74. The van der Waals surface area contributed by atoms with Crippen LogP contribution in [0.3, 0.4) is 0 Å². The number of benzene rings is 1. The van der Waals surface area contributed by atoms with Gasteiger partial charge in [0.1, 0.15) is 6.10 Å². The number of aliphatic hydroxyl groups is 1. The predicted octanol–water partition coefficient (Wildman–Crippen LogP) is 2.57. The average molecular weight is 321 g/mol. The lowest BCUT2D eigenvalue weighted by Crippen LogP contribution is -2.37. The molecule has 96 valence electrons. The van der Waals surface area contributed by atoms with Crippen molar-refractivity contribution in [1.82, 2.24) is 0 Å². The minimum Gasteiger partial charge on any atom is -0.386 e. The first kappa shape index (κ1) is 14.7. The molecule has 0 aromatic heterocycles. The van der Waals surface area contributed by atoms with Crippen molar-refractivity contribution in [2.45, 2.75) is 30.5 Å². The summed E-state index contributed by atoms with van der Waals surface area (Å²) in [5.74, 6) is -0.0162. The molecule has 1 aromatic rings. The van der Waals surface area contributed by atoms with Crippen molar-refractivity contribution in [1.29, 1.82) is 0 Å². The smallest absolute Gasteiger partial charge is 0.168 e. The Morgan fingerprint density at radius 1 is 1.41 bits per heavy atom. The van der Waals surface area contributed by atoms with Crippen LogP contribution in [0.25, 0.3) is 0 Å². The molecule has 1 aromatic carbocycles. The molecule has 5 heteroatoms. The summed E-state index contributed by atoms with van der Waals surface area (Å²) in [5, 5.41) is 10.3. The fourth-order valence-corrected chi connectivity index (χ4v) is 3.59. The third-order valence-electron chi connectivity index (χ3n) is 2.96. The van der Waals surface area contributed by atoms with Gasteiger partial charge in [-0.2, -0.15) is 0 Å². The predicted molar refractivity (Wildman–Crippen MR) is 72.9 cm³/mol. The molecule has 2 atom stereocenters. The van der Waals surface area contributed by atoms with Gasteiger partial charge < -0.3 is 5.11 Å². The second-order valence-corrected chi connectivity index (χ2v) is 8.98. The van der Waals surface area contributed by atoms with Crippen LogP contribution in [0.2, 0.25) is 0 Å². The number of rotatable bonds is 4. The highest BCUT2D eigenvalue weighted by Crippen LogP contribution is 2.39. The second kappa shape index (κ2) is 5.08. The molecular formula is C12H17BrO3S. The summed E-state index contributed by atoms with van der Waals surface area (Å²) in [7, 11) is -3.40. The summed E-state index contributed by atoms with van der Waals surface area (Å²) < 4.78 is 22.5. The van der Waals surface area contributed by atoms with Crippen LogP contribution in [-0.4, -0.2) is 22.9 Å². The summed E-state index contributed by atoms with van der Waals surface area (Å²) >= 11 is 3.16. The summed E-state index contributed by atoms with van der Waals surface area (Å²) in [6.07, 6.45) is -1.09. The van der Waals surface area contributed by atoms with E-state index < -0.39 is 19.6 Å². The molecule has 1 rings (SSSR count). The number of aryl methyl sites for hydroxylation is 1. The molecule has 0 aliphatic carbocycles. The molecule has 0 bridgehead atoms. The lowest BCUT2D eigenvalue weighted by Gasteiger charge is -2.29. The zero-order chi connectivity index (χ0) is 13.3. The molecule has 0 saturated carbocycles. The van der Waals surface area contributed by atoms with Crippen molar-refractivity contribution in [3.8, 4) is 0 Å². The Kier molecular flexibility index (Phi) is 4.38. The van der Waals surface area contributed by atoms with Crippen LogP contribution in [0.15, 0.2) is 24.3 Å². The Labute approximate surface area is 111 Å². The maximum absolute atomic E-state index is 11.9. The van der Waals surface area contributed by atoms with Gasteiger partial charge in [0.05, 0.1) is 0 Å². The van der Waals surface area contributed by atoms with Gasteiger partial charge in [0, 0.05) is 5.75 Å². The maximum Gasteiger partial charge on any atom is 0.168 e. The summed E-state index contributed by atoms with van der Waals surface area (Å²) in [5.41, 5.74) is 1.50. The minimum absolute atomic E-state index is 0.0162. The Balaban J connectivity index is 3.23. The Bertz CT molecular complexity index is 494. The van der Waals surface area contributed by atoms with E-state index in [-0.39, 0.29) is 5.75 Å². The molecule has 0 aliphatic heterocycles. The van der Waals surface area contributed by atoms with Crippen LogP contribution < -0.4 is 0 Å². The molecule has 17 heavy (non-hydrogen) atoms. The third kappa shape index (κ3) is 2.72. The van der Waals surface area contributed by atoms with E-state index in [1.807, 2.05) is 19.1 Å². The monoisotopic (exact) mass is 320 g/mol. The molecule has 0 unspecified atom stereocenters. The van der Waals surface area contributed by atoms with E-state index in [1.165, 1.54) is 6.92 Å². The first-order valence-electron chi connectivity index (χ1n) is 5.39. The van der Waals surface area contributed by atoms with E-state index in [2.05, 4.69) is 15.9 Å². The molecular weight excluding hydrogens is 304 g/mol. The minimum atomic E-state index is -3.40. The van der Waals surface area contributed by atoms with Crippen LogP contribution >= 0.6 is 15.9 Å². The highest BCUT2D eigenvalue weighted by atomic mass is 79.9. The van der Waals surface area contributed by atoms with Crippen LogP contribution in [0.5, 0.6) is 0 Å². The van der Waals surface area contributed by atoms with E-state index in [9.17, 15) is 13.5 Å². The molecule has 0 radical (unpaired) electrons. The largest absolute Gasteiger partial charge is 0.386 e. The lowest BCUT2D eigenvalue weighted by atomic mass is 10.0. The van der Waals surface area contributed by atoms with E-state index >= 15 is 0 Å². The zero-order valence-corrected chi connectivity index (χ0v) is 12.5. The normalized spacial score (nSPS) is 17.5. The van der Waals surface area contributed by atoms with E-state index in [4.69, 9.17) is 0 Å². The van der Waals surface area contributed by atoms with Crippen LogP contribution in [0.4, 0.5) is 0 Å². The van der Waals surface area contributed by atoms with Crippen molar-refractivity contribution in [3.05, 3.63) is 35.4 Å². The standard InChI is InChI=1S/C12H17BrO3S/c1-4-17(15,16)12(3,13)11(14)10-8-6-5-7-9(10)2/h5-8,11,14H,4H2,1-3H3/t11-,12-/m1/s1. The Morgan fingerprint density at radius 2 is 1.94 bits per heavy atom. The summed E-state index contributed by atoms with van der Waals surface area (Å²) in [6.45, 7) is 4.91. The molecule has 3 nitrogen and oxygen atoms in total. The van der Waals surface area contributed by atoms with Crippen LogP contribution in [-0.2, 0) is 9.84 Å². The van der Waals surface area contributed by atoms with Crippen molar-refractivity contribution >= 4 is 25.8 Å². The maximum atomic E-state index is 11.9. The quantitative estimate of drug-likeness (QED) is 0.867. The number of aliphatic hydroxyl groups excluding tert-OH is 1. The lowest BCUT2D eigenvalue weighted by molar-refractivity contribution is 0.167. The summed E-state index contributed by atoms with van der Waals surface area (Å²) in [6, 6.07) is 7.23. The third-order valence-corrected chi connectivity index (χ3v) is 7.07. The number of halogens is 1. The topological polar surface area (TPSA) is 54.4 Å². The van der Waals surface area contributed by atoms with Crippen molar-refractivity contribution in [3.63, 3.8) is 0 Å². The molecule has 0 aliphatic rings. The SMILES string of the molecule is CCS(=O)(=O)[C@@](C)(Br)[C@H](O)c1ccccc1C. The van der Waals surface area contributed by atoms with Crippen molar-refractivity contribution < 1.29 is 13.5 Å². The Morgan fingerprint density at radius 3 is 2.41 bits per heavy atom. The fraction of sp³-hybridized carbons (Fsp3) is 0.500. The van der Waals surface area contributed by atoms with Gasteiger partial charge in [-0.15, -0.1) is 0 Å². The molecule has 1 N–H and O–H groups in total. The average Bonchev–Trinajstić information content (AvgIpc) is 2.28. The molecule has 0 heterocycles. The van der Waals surface area contributed by atoms with Gasteiger partial charge in [-0.25, -0.2) is 8.42 Å². The fourth-order valence-electron chi connectivity index (χ4n) is 1.62. The highest BCUT2D eigenvalue weighted by Gasteiger charge is 2.43. The van der Waals surface area contributed by atoms with Gasteiger partial charge in [-0.3, -0.25) is 0 Å². The van der Waals surface area contributed by atoms with Gasteiger partial charge >= 0.3 is 0 Å². The van der Waals surface area contributed by atoms with E-state index in [1.54, 1.807) is 19.1 Å². The van der Waals surface area contributed by atoms with E-state index in [0.29, 0.717) is 5.56 Å². The zero-order valence-electron chi connectivity index (χ0n) is 10.1. The number of hydrogen-bond donors (Lipinski definition) is 1. The van der Waals surface area contributed by atoms with Gasteiger partial charge in [-0.05, 0) is 25.0 Å². The van der Waals surface area contributed by atoms with Crippen LogP contribution in [0.1, 0.15) is 31.1 Å². The van der Waals surface area contributed by atoms with Gasteiger partial charge in [0.15, 0.2) is 13.5 Å². The van der Waals surface area contributed by atoms with Crippen molar-refractivity contribution in [2.75, 3.05) is 5.75 Å². The van der Waals surface area contributed by atoms with Crippen molar-refractivity contribution in [2.24, 2.45) is 0 Å². The first-order valence-corrected chi connectivity index (χ1v) is 7.83. The Hall–Kier alpha value is -0.390. The summed E-state index contributed by atoms with van der Waals surface area (Å²) in [4.78, 5) is 0. The van der Waals surface area contributed by atoms with Gasteiger partial charge in [-0.1, -0.05) is 47.1 Å². The van der Waals surface area contributed by atoms with Gasteiger partial charge in [0.2, 0.25) is 0 Å². The van der Waals surface area contributed by atoms with Crippen LogP contribution in [0, 0.1) is 6.92 Å². The van der Waals surface area contributed by atoms with Gasteiger partial charge in [0.25, 0.3) is 0 Å². The molecule has 0 fully saturated rings. The number of alkyl halides is 1. The number of sulfone groups is 1. The molecule has 0 spiro atoms. The molecule has 0 saturated heterocycles. The number of hydrogen-bond acceptors (Lipinski definition) is 3.